The summed E-state index contributed by atoms with van der Waals surface area (Å²) in [5, 5.41) is 13.5. The quantitative estimate of drug-likeness (QED) is 0.475. The van der Waals surface area contributed by atoms with Crippen LogP contribution in [0.5, 0.6) is 0 Å². The van der Waals surface area contributed by atoms with Gasteiger partial charge in [0, 0.05) is 30.9 Å². The van der Waals surface area contributed by atoms with Crippen molar-refractivity contribution in [3.8, 4) is 6.07 Å². The number of aromatic nitrogens is 5. The van der Waals surface area contributed by atoms with Crippen molar-refractivity contribution in [2.45, 2.75) is 66.8 Å². The summed E-state index contributed by atoms with van der Waals surface area (Å²) in [7, 11) is 0. The van der Waals surface area contributed by atoms with Crippen LogP contribution in [-0.4, -0.2) is 36.6 Å². The number of H-pyrrole nitrogens is 1. The zero-order valence-electron chi connectivity index (χ0n) is 20.9. The van der Waals surface area contributed by atoms with E-state index < -0.39 is 11.2 Å². The van der Waals surface area contributed by atoms with Gasteiger partial charge in [0.15, 0.2) is 11.3 Å². The minimum absolute atomic E-state index is 0.00655. The molecule has 3 heterocycles. The summed E-state index contributed by atoms with van der Waals surface area (Å²) in [5.74, 6) is -0.166. The molecule has 0 saturated heterocycles. The third-order valence-corrected chi connectivity index (χ3v) is 5.99. The number of amides is 1. The molecule has 11 heteroatoms. The fourth-order valence-corrected chi connectivity index (χ4v) is 4.18. The van der Waals surface area contributed by atoms with Crippen LogP contribution in [0.2, 0.25) is 0 Å². The van der Waals surface area contributed by atoms with Crippen LogP contribution in [0.3, 0.4) is 0 Å². The molecule has 11 nitrogen and oxygen atoms in total. The molecule has 0 atom stereocenters. The highest BCUT2D eigenvalue weighted by atomic mass is 16.2. The number of rotatable bonds is 9. The van der Waals surface area contributed by atoms with Gasteiger partial charge in [-0.1, -0.05) is 27.2 Å². The second-order valence-corrected chi connectivity index (χ2v) is 9.06. The second-order valence-electron chi connectivity index (χ2n) is 9.06. The van der Waals surface area contributed by atoms with Gasteiger partial charge in [0.2, 0.25) is 5.91 Å². The number of nitrogens with one attached hydrogen (secondary N) is 1. The Morgan fingerprint density at radius 2 is 2.03 bits per heavy atom. The van der Waals surface area contributed by atoms with Gasteiger partial charge in [0.1, 0.15) is 17.5 Å². The molecule has 3 aromatic heterocycles. The van der Waals surface area contributed by atoms with Crippen LogP contribution in [0.1, 0.15) is 62.5 Å². The van der Waals surface area contributed by atoms with Gasteiger partial charge in [-0.25, -0.2) is 14.3 Å². The van der Waals surface area contributed by atoms with Crippen molar-refractivity contribution in [2.24, 2.45) is 5.92 Å². The molecule has 0 fully saturated rings. The molecule has 3 N–H and O–H groups in total. The molecule has 3 aromatic rings. The summed E-state index contributed by atoms with van der Waals surface area (Å²) in [6.45, 7) is 10.2. The number of carbonyl (C=O) groups is 1. The lowest BCUT2D eigenvalue weighted by atomic mass is 10.1. The van der Waals surface area contributed by atoms with Crippen molar-refractivity contribution >= 4 is 23.1 Å². The number of anilines is 2. The van der Waals surface area contributed by atoms with Crippen molar-refractivity contribution in [1.82, 2.24) is 24.1 Å². The number of hydrogen-bond acceptors (Lipinski definition) is 7. The standard InChI is InChI=1S/C24H32N8O3/c1-6-7-10-30(20-21(26)31(13-14(2)3)24(35)29-23(20)34)19(33)9-8-18-15(4)28-22-17(11-25)12-27-32(22)16(18)5/h12,14H,6-10,13,26H2,1-5H3,(H,29,34,35). The van der Waals surface area contributed by atoms with Crippen molar-refractivity contribution in [3.05, 3.63) is 49.5 Å². The first-order chi connectivity index (χ1) is 16.6. The number of unbranched alkanes of at least 4 members (excludes halogenated alkanes) is 1. The normalized spacial score (nSPS) is 11.2. The molecular weight excluding hydrogens is 448 g/mol. The van der Waals surface area contributed by atoms with Gasteiger partial charge in [-0.15, -0.1) is 0 Å². The summed E-state index contributed by atoms with van der Waals surface area (Å²) >= 11 is 0. The number of nitrogen functional groups attached to an aromatic ring is 1. The van der Waals surface area contributed by atoms with E-state index in [4.69, 9.17) is 5.73 Å². The Kier molecular flexibility index (Phi) is 7.74. The van der Waals surface area contributed by atoms with Gasteiger partial charge in [-0.3, -0.25) is 19.1 Å². The van der Waals surface area contributed by atoms with Crippen molar-refractivity contribution in [2.75, 3.05) is 17.2 Å². The summed E-state index contributed by atoms with van der Waals surface area (Å²) < 4.78 is 2.91. The molecule has 3 rings (SSSR count). The molecule has 0 aliphatic carbocycles. The van der Waals surface area contributed by atoms with Crippen LogP contribution in [0.4, 0.5) is 11.5 Å². The molecule has 0 unspecified atom stereocenters. The summed E-state index contributed by atoms with van der Waals surface area (Å²) in [4.78, 5) is 46.8. The Hall–Kier alpha value is -3.94. The van der Waals surface area contributed by atoms with E-state index in [1.165, 1.54) is 15.7 Å². The van der Waals surface area contributed by atoms with E-state index in [1.807, 2.05) is 34.6 Å². The number of nitrogens with zero attached hydrogens (tertiary/aromatic N) is 6. The molecule has 0 spiro atoms. The lowest BCUT2D eigenvalue weighted by Gasteiger charge is -2.25. The Morgan fingerprint density at radius 1 is 1.31 bits per heavy atom. The fraction of sp³-hybridized carbons (Fsp3) is 0.500. The van der Waals surface area contributed by atoms with Crippen LogP contribution in [0.15, 0.2) is 15.8 Å². The minimum atomic E-state index is -0.673. The lowest BCUT2D eigenvalue weighted by molar-refractivity contribution is -0.118. The SMILES string of the molecule is CCCCN(C(=O)CCc1c(C)nc2c(C#N)cnn2c1C)c1c(N)n(CC(C)C)c(=O)[nH]c1=O. The molecule has 186 valence electrons. The summed E-state index contributed by atoms with van der Waals surface area (Å²) in [5.41, 5.74) is 8.25. The molecule has 0 bridgehead atoms. The van der Waals surface area contributed by atoms with E-state index in [0.717, 1.165) is 17.7 Å². The predicted molar refractivity (Wildman–Crippen MR) is 133 cm³/mol. The highest BCUT2D eigenvalue weighted by molar-refractivity contribution is 5.95. The van der Waals surface area contributed by atoms with Gasteiger partial charge >= 0.3 is 5.69 Å². The van der Waals surface area contributed by atoms with Crippen LogP contribution >= 0.6 is 0 Å². The number of aryl methyl sites for hydroxylation is 2. The molecule has 0 radical (unpaired) electrons. The van der Waals surface area contributed by atoms with E-state index in [9.17, 15) is 19.6 Å². The average molecular weight is 481 g/mol. The number of aromatic amines is 1. The lowest BCUT2D eigenvalue weighted by Crippen LogP contribution is -2.42. The number of carbonyl (C=O) groups excluding carboxylic acids is 1. The van der Waals surface area contributed by atoms with E-state index in [-0.39, 0.29) is 29.8 Å². The Bertz CT molecular complexity index is 1410. The zero-order valence-corrected chi connectivity index (χ0v) is 20.9. The van der Waals surface area contributed by atoms with Gasteiger partial charge in [-0.2, -0.15) is 10.4 Å². The topological polar surface area (TPSA) is 155 Å². The van der Waals surface area contributed by atoms with Crippen molar-refractivity contribution in [3.63, 3.8) is 0 Å². The number of fused-ring (bicyclic) bond motifs is 1. The van der Waals surface area contributed by atoms with Gasteiger partial charge in [0.25, 0.3) is 5.56 Å². The third-order valence-electron chi connectivity index (χ3n) is 5.99. The maximum Gasteiger partial charge on any atom is 0.330 e. The Balaban J connectivity index is 1.96. The first-order valence-corrected chi connectivity index (χ1v) is 11.8. The maximum absolute atomic E-state index is 13.4. The van der Waals surface area contributed by atoms with E-state index >= 15 is 0 Å². The summed E-state index contributed by atoms with van der Waals surface area (Å²) in [6, 6.07) is 2.08. The highest BCUT2D eigenvalue weighted by Gasteiger charge is 2.25. The average Bonchev–Trinajstić information content (AvgIpc) is 3.21. The van der Waals surface area contributed by atoms with Crippen LogP contribution in [0, 0.1) is 31.1 Å². The predicted octanol–water partition coefficient (Wildman–Crippen LogP) is 2.07. The minimum Gasteiger partial charge on any atom is -0.383 e. The third kappa shape index (κ3) is 5.11. The highest BCUT2D eigenvalue weighted by Crippen LogP contribution is 2.22. The first kappa shape index (κ1) is 25.7. The first-order valence-electron chi connectivity index (χ1n) is 11.8. The van der Waals surface area contributed by atoms with Crippen LogP contribution < -0.4 is 21.9 Å². The van der Waals surface area contributed by atoms with Gasteiger partial charge < -0.3 is 10.6 Å². The fourth-order valence-electron chi connectivity index (χ4n) is 4.18. The Morgan fingerprint density at radius 3 is 2.66 bits per heavy atom. The van der Waals surface area contributed by atoms with Gasteiger partial charge in [0.05, 0.1) is 6.20 Å². The largest absolute Gasteiger partial charge is 0.383 e. The molecule has 0 aliphatic rings. The van der Waals surface area contributed by atoms with Gasteiger partial charge in [-0.05, 0) is 38.2 Å². The van der Waals surface area contributed by atoms with Crippen molar-refractivity contribution < 1.29 is 4.79 Å². The zero-order chi connectivity index (χ0) is 25.9. The monoisotopic (exact) mass is 480 g/mol. The summed E-state index contributed by atoms with van der Waals surface area (Å²) in [6.07, 6.45) is 3.42. The van der Waals surface area contributed by atoms with E-state index in [1.54, 1.807) is 4.52 Å². The molecule has 1 amide bonds. The Labute approximate surface area is 203 Å². The molecule has 0 saturated carbocycles. The second kappa shape index (κ2) is 10.5. The number of nitrogens with two attached hydrogens (primary N) is 1. The molecule has 0 aliphatic heterocycles. The van der Waals surface area contributed by atoms with Crippen molar-refractivity contribution in [1.29, 1.82) is 5.26 Å². The molecule has 0 aromatic carbocycles. The molecule has 35 heavy (non-hydrogen) atoms. The van der Waals surface area contributed by atoms with E-state index in [0.29, 0.717) is 42.8 Å². The maximum atomic E-state index is 13.4. The van der Waals surface area contributed by atoms with Crippen LogP contribution in [0.25, 0.3) is 5.65 Å². The number of nitriles is 1. The number of hydrogen-bond donors (Lipinski definition) is 2. The molecular formula is C24H32N8O3. The van der Waals surface area contributed by atoms with E-state index in [2.05, 4.69) is 21.1 Å². The van der Waals surface area contributed by atoms with Crippen LogP contribution in [-0.2, 0) is 17.8 Å². The smallest absolute Gasteiger partial charge is 0.330 e.